The van der Waals surface area contributed by atoms with Gasteiger partial charge in [-0.1, -0.05) is 147 Å². The summed E-state index contributed by atoms with van der Waals surface area (Å²) in [6, 6.07) is 0. The maximum atomic E-state index is 12.3. The molecule has 0 N–H and O–H groups in total. The lowest BCUT2D eigenvalue weighted by Crippen LogP contribution is -2.37. The van der Waals surface area contributed by atoms with Crippen LogP contribution in [0.25, 0.3) is 0 Å². The summed E-state index contributed by atoms with van der Waals surface area (Å²) in [6.07, 6.45) is 41.0. The van der Waals surface area contributed by atoms with Crippen molar-refractivity contribution in [1.82, 2.24) is 0 Å². The molecular weight excluding hydrogens is 661 g/mol. The predicted octanol–water partition coefficient (Wildman–Crippen LogP) is 11.2. The monoisotopic (exact) mass is 742 g/mol. The van der Waals surface area contributed by atoms with Gasteiger partial charge in [0, 0.05) is 13.0 Å². The van der Waals surface area contributed by atoms with Crippen LogP contribution < -0.4 is 4.89 Å². The Labute approximate surface area is 315 Å². The average molecular weight is 742 g/mol. The second kappa shape index (κ2) is 35.7. The van der Waals surface area contributed by atoms with E-state index < -0.39 is 13.9 Å². The highest BCUT2D eigenvalue weighted by molar-refractivity contribution is 7.45. The second-order valence-electron chi connectivity index (χ2n) is 15.0. The van der Waals surface area contributed by atoms with Crippen molar-refractivity contribution in [3.05, 3.63) is 36.5 Å². The van der Waals surface area contributed by atoms with Gasteiger partial charge in [-0.05, 0) is 51.4 Å². The molecule has 0 aliphatic rings. The topological polar surface area (TPSA) is 94.1 Å². The molecule has 0 aromatic heterocycles. The van der Waals surface area contributed by atoms with Crippen molar-refractivity contribution >= 4 is 13.8 Å². The number of carbonyl (C=O) groups excluding carboxylic acids is 1. The molecular formula is C42H80NO7P. The van der Waals surface area contributed by atoms with Gasteiger partial charge in [-0.25, -0.2) is 0 Å². The van der Waals surface area contributed by atoms with E-state index in [1.807, 2.05) is 21.1 Å². The Balaban J connectivity index is 3.84. The SMILES string of the molecule is CCCCCCC/C=C\C/C=C\C/C=C\CCCCCCCCCCCCCOCC(COP(=O)([O-])OCC[N+](C)(C)C)OC(=O)CCCCC. The summed E-state index contributed by atoms with van der Waals surface area (Å²) in [5.41, 5.74) is 0. The van der Waals surface area contributed by atoms with Crippen molar-refractivity contribution < 1.29 is 37.3 Å². The number of ether oxygens (including phenoxy) is 2. The molecule has 8 nitrogen and oxygen atoms in total. The molecule has 2 atom stereocenters. The molecule has 0 aliphatic carbocycles. The van der Waals surface area contributed by atoms with E-state index in [2.05, 4.69) is 50.3 Å². The van der Waals surface area contributed by atoms with Gasteiger partial charge in [0.25, 0.3) is 7.82 Å². The van der Waals surface area contributed by atoms with Crippen LogP contribution in [0.5, 0.6) is 0 Å². The molecule has 300 valence electrons. The summed E-state index contributed by atoms with van der Waals surface area (Å²) >= 11 is 0. The molecule has 0 aromatic rings. The summed E-state index contributed by atoms with van der Waals surface area (Å²) in [7, 11) is 1.35. The van der Waals surface area contributed by atoms with Gasteiger partial charge in [0.05, 0.1) is 34.4 Å². The van der Waals surface area contributed by atoms with Crippen molar-refractivity contribution in [2.24, 2.45) is 0 Å². The number of allylic oxidation sites excluding steroid dienone is 6. The first-order valence-electron chi connectivity index (χ1n) is 20.7. The molecule has 51 heavy (non-hydrogen) atoms. The Morgan fingerprint density at radius 2 is 1.08 bits per heavy atom. The summed E-state index contributed by atoms with van der Waals surface area (Å²) < 4.78 is 34.1. The normalized spacial score (nSPS) is 14.2. The molecule has 0 saturated carbocycles. The van der Waals surface area contributed by atoms with Crippen molar-refractivity contribution in [3.8, 4) is 0 Å². The zero-order chi connectivity index (χ0) is 37.7. The van der Waals surface area contributed by atoms with Gasteiger partial charge in [-0.15, -0.1) is 0 Å². The zero-order valence-electron chi connectivity index (χ0n) is 33.8. The number of esters is 1. The Morgan fingerprint density at radius 3 is 1.61 bits per heavy atom. The lowest BCUT2D eigenvalue weighted by Gasteiger charge is -2.28. The van der Waals surface area contributed by atoms with Crippen molar-refractivity contribution in [2.45, 2.75) is 174 Å². The number of nitrogens with zero attached hydrogens (tertiary/aromatic N) is 1. The van der Waals surface area contributed by atoms with Crippen LogP contribution >= 0.6 is 7.82 Å². The largest absolute Gasteiger partial charge is 0.756 e. The first-order valence-corrected chi connectivity index (χ1v) is 22.2. The molecule has 0 spiro atoms. The third kappa shape index (κ3) is 39.8. The maximum absolute atomic E-state index is 12.3. The third-order valence-corrected chi connectivity index (χ3v) is 9.66. The summed E-state index contributed by atoms with van der Waals surface area (Å²) in [5.74, 6) is -0.360. The first-order chi connectivity index (χ1) is 24.6. The average Bonchev–Trinajstić information content (AvgIpc) is 3.07. The second-order valence-corrected chi connectivity index (χ2v) is 16.4. The van der Waals surface area contributed by atoms with Gasteiger partial charge in [0.15, 0.2) is 0 Å². The van der Waals surface area contributed by atoms with Crippen LogP contribution in [0.2, 0.25) is 0 Å². The van der Waals surface area contributed by atoms with E-state index in [-0.39, 0.29) is 25.8 Å². The number of hydrogen-bond donors (Lipinski definition) is 0. The van der Waals surface area contributed by atoms with Crippen LogP contribution in [0.15, 0.2) is 36.5 Å². The molecule has 0 amide bonds. The molecule has 0 fully saturated rings. The molecule has 2 unspecified atom stereocenters. The Morgan fingerprint density at radius 1 is 0.608 bits per heavy atom. The van der Waals surface area contributed by atoms with Crippen LogP contribution in [-0.2, 0) is 27.9 Å². The van der Waals surface area contributed by atoms with E-state index in [0.29, 0.717) is 24.1 Å². The van der Waals surface area contributed by atoms with Crippen molar-refractivity contribution in [1.29, 1.82) is 0 Å². The van der Waals surface area contributed by atoms with Crippen LogP contribution in [0, 0.1) is 0 Å². The maximum Gasteiger partial charge on any atom is 0.306 e. The molecule has 0 aliphatic heterocycles. The molecule has 0 aromatic carbocycles. The number of rotatable bonds is 38. The summed E-state index contributed by atoms with van der Waals surface area (Å²) in [5, 5.41) is 0. The Kier molecular flexibility index (Phi) is 34.8. The van der Waals surface area contributed by atoms with Crippen molar-refractivity contribution in [2.75, 3.05) is 54.1 Å². The molecule has 0 heterocycles. The number of unbranched alkanes of at least 4 members (excludes halogenated alkanes) is 18. The number of hydrogen-bond acceptors (Lipinski definition) is 7. The number of likely N-dealkylation sites (N-methyl/N-ethyl adjacent to an activating group) is 1. The van der Waals surface area contributed by atoms with E-state index in [1.54, 1.807) is 0 Å². The predicted molar refractivity (Wildman–Crippen MR) is 213 cm³/mol. The third-order valence-electron chi connectivity index (χ3n) is 8.69. The number of quaternary nitrogens is 1. The standard InChI is InChI=1S/C42H80NO7P/c1-6-8-10-11-12-13-14-15-16-17-18-19-20-21-22-23-24-25-26-27-28-29-30-31-32-34-37-47-39-41(50-42(44)35-33-9-7-2)40-49-51(45,46)48-38-36-43(3,4)5/h14-15,17-18,20-21,41H,6-13,16,19,22-40H2,1-5H3/b15-14-,18-17-,21-20-. The van der Waals surface area contributed by atoms with Crippen LogP contribution in [0.1, 0.15) is 168 Å². The zero-order valence-corrected chi connectivity index (χ0v) is 34.7. The molecule has 0 rings (SSSR count). The van der Waals surface area contributed by atoms with Crippen LogP contribution in [-0.4, -0.2) is 70.7 Å². The highest BCUT2D eigenvalue weighted by Crippen LogP contribution is 2.38. The van der Waals surface area contributed by atoms with Gasteiger partial charge in [-0.2, -0.15) is 0 Å². The molecule has 0 radical (unpaired) electrons. The molecule has 0 saturated heterocycles. The number of carbonyl (C=O) groups is 1. The van der Waals surface area contributed by atoms with Gasteiger partial charge < -0.3 is 27.9 Å². The number of phosphoric acid groups is 1. The Hall–Kier alpha value is -1.28. The van der Waals surface area contributed by atoms with Gasteiger partial charge >= 0.3 is 5.97 Å². The van der Waals surface area contributed by atoms with E-state index >= 15 is 0 Å². The number of phosphoric ester groups is 1. The molecule has 9 heteroatoms. The van der Waals surface area contributed by atoms with Crippen molar-refractivity contribution in [3.63, 3.8) is 0 Å². The van der Waals surface area contributed by atoms with E-state index in [1.165, 1.54) is 103 Å². The minimum atomic E-state index is -4.50. The van der Waals surface area contributed by atoms with Gasteiger partial charge in [-0.3, -0.25) is 9.36 Å². The Bertz CT molecular complexity index is 915. The van der Waals surface area contributed by atoms with Gasteiger partial charge in [0.1, 0.15) is 19.3 Å². The fourth-order valence-electron chi connectivity index (χ4n) is 5.43. The summed E-state index contributed by atoms with van der Waals surface area (Å²) in [6.45, 7) is 5.21. The lowest BCUT2D eigenvalue weighted by molar-refractivity contribution is -0.870. The fourth-order valence-corrected chi connectivity index (χ4v) is 6.16. The lowest BCUT2D eigenvalue weighted by atomic mass is 10.1. The van der Waals surface area contributed by atoms with Crippen LogP contribution in [0.4, 0.5) is 0 Å². The first kappa shape index (κ1) is 49.7. The minimum Gasteiger partial charge on any atom is -0.756 e. The minimum absolute atomic E-state index is 0.0249. The smallest absolute Gasteiger partial charge is 0.306 e. The van der Waals surface area contributed by atoms with E-state index in [9.17, 15) is 14.3 Å². The highest BCUT2D eigenvalue weighted by Gasteiger charge is 2.20. The summed E-state index contributed by atoms with van der Waals surface area (Å²) in [4.78, 5) is 24.5. The van der Waals surface area contributed by atoms with E-state index in [4.69, 9.17) is 18.5 Å². The van der Waals surface area contributed by atoms with Gasteiger partial charge in [0.2, 0.25) is 0 Å². The molecule has 0 bridgehead atoms. The van der Waals surface area contributed by atoms with E-state index in [0.717, 1.165) is 44.9 Å². The fraction of sp³-hybridized carbons (Fsp3) is 0.833. The quantitative estimate of drug-likeness (QED) is 0.0204. The highest BCUT2D eigenvalue weighted by atomic mass is 31.2. The van der Waals surface area contributed by atoms with Crippen LogP contribution in [0.3, 0.4) is 0 Å².